The van der Waals surface area contributed by atoms with Crippen LogP contribution < -0.4 is 5.32 Å². The Morgan fingerprint density at radius 3 is 2.62 bits per heavy atom. The van der Waals surface area contributed by atoms with Crippen LogP contribution in [0.5, 0.6) is 0 Å². The smallest absolute Gasteiger partial charge is 0.263 e. The quantitative estimate of drug-likeness (QED) is 0.678. The Hall–Kier alpha value is -1.43. The number of thiocarbonyl (C=S) groups is 1. The number of hydrogen-bond donors (Lipinski definition) is 1. The summed E-state index contributed by atoms with van der Waals surface area (Å²) >= 11 is 7.97. The number of rotatable bonds is 4. The number of carbonyl (C=O) groups is 1. The van der Waals surface area contributed by atoms with Gasteiger partial charge in [0, 0.05) is 4.88 Å². The lowest BCUT2D eigenvalue weighted by atomic mass is 10.1. The summed E-state index contributed by atoms with van der Waals surface area (Å²) in [5, 5.41) is 4.79. The molecule has 2 heterocycles. The lowest BCUT2D eigenvalue weighted by Crippen LogP contribution is -2.17. The van der Waals surface area contributed by atoms with Gasteiger partial charge in [-0.1, -0.05) is 54.3 Å². The van der Waals surface area contributed by atoms with Gasteiger partial charge in [-0.25, -0.2) is 0 Å². The van der Waals surface area contributed by atoms with Crippen LogP contribution in [0.3, 0.4) is 0 Å². The predicted octanol–water partition coefficient (Wildman–Crippen LogP) is 4.02. The van der Waals surface area contributed by atoms with Crippen molar-refractivity contribution in [2.45, 2.75) is 12.8 Å². The molecule has 1 aromatic heterocycles. The number of aryl methyl sites for hydroxylation is 2. The molecular formula is C16H13NOS3. The van der Waals surface area contributed by atoms with Crippen LogP contribution in [0.2, 0.25) is 0 Å². The average molecular weight is 331 g/mol. The van der Waals surface area contributed by atoms with E-state index in [4.69, 9.17) is 12.2 Å². The number of thiophene rings is 1. The SMILES string of the molecule is O=C1NC(=S)SC1=Cc1cc(CCc2ccccc2)cs1. The molecule has 2 nitrogen and oxygen atoms in total. The Labute approximate surface area is 137 Å². The third-order valence-corrected chi connectivity index (χ3v) is 5.23. The molecule has 2 aromatic rings. The van der Waals surface area contributed by atoms with Crippen LogP contribution in [0.1, 0.15) is 16.0 Å². The molecule has 0 aliphatic carbocycles. The number of nitrogens with one attached hydrogen (secondary N) is 1. The maximum Gasteiger partial charge on any atom is 0.263 e. The van der Waals surface area contributed by atoms with Gasteiger partial charge >= 0.3 is 0 Å². The third-order valence-electron chi connectivity index (χ3n) is 3.13. The van der Waals surface area contributed by atoms with Crippen molar-refractivity contribution < 1.29 is 4.79 Å². The van der Waals surface area contributed by atoms with Gasteiger partial charge in [-0.15, -0.1) is 11.3 Å². The van der Waals surface area contributed by atoms with E-state index in [0.717, 1.165) is 17.7 Å². The molecule has 1 amide bonds. The molecule has 1 N–H and O–H groups in total. The van der Waals surface area contributed by atoms with E-state index in [1.165, 1.54) is 22.9 Å². The van der Waals surface area contributed by atoms with Gasteiger partial charge in [-0.05, 0) is 41.5 Å². The first-order chi connectivity index (χ1) is 10.2. The summed E-state index contributed by atoms with van der Waals surface area (Å²) in [5.74, 6) is -0.0933. The number of hydrogen-bond acceptors (Lipinski definition) is 4. The first-order valence-corrected chi connectivity index (χ1v) is 8.67. The Morgan fingerprint density at radius 2 is 1.90 bits per heavy atom. The van der Waals surface area contributed by atoms with Gasteiger partial charge in [-0.3, -0.25) is 4.79 Å². The standard InChI is InChI=1S/C16H13NOS3/c18-15-14(21-16(19)17-15)9-13-8-12(10-20-13)7-6-11-4-2-1-3-5-11/h1-5,8-10H,6-7H2,(H,17,18,19). The lowest BCUT2D eigenvalue weighted by molar-refractivity contribution is -0.115. The van der Waals surface area contributed by atoms with Gasteiger partial charge < -0.3 is 5.32 Å². The highest BCUT2D eigenvalue weighted by atomic mass is 32.2. The van der Waals surface area contributed by atoms with E-state index in [0.29, 0.717) is 9.23 Å². The van der Waals surface area contributed by atoms with E-state index < -0.39 is 0 Å². The Balaban J connectivity index is 1.65. The van der Waals surface area contributed by atoms with E-state index >= 15 is 0 Å². The van der Waals surface area contributed by atoms with Crippen molar-refractivity contribution in [3.05, 3.63) is 62.7 Å². The van der Waals surface area contributed by atoms with Gasteiger partial charge in [0.1, 0.15) is 4.32 Å². The Kier molecular flexibility index (Phi) is 4.53. The van der Waals surface area contributed by atoms with Gasteiger partial charge in [0.15, 0.2) is 0 Å². The van der Waals surface area contributed by atoms with Crippen molar-refractivity contribution in [2.24, 2.45) is 0 Å². The number of benzene rings is 1. The Bertz CT molecular complexity index is 703. The van der Waals surface area contributed by atoms with Gasteiger partial charge in [0.05, 0.1) is 4.91 Å². The fraction of sp³-hybridized carbons (Fsp3) is 0.125. The van der Waals surface area contributed by atoms with E-state index in [1.807, 2.05) is 12.1 Å². The number of amides is 1. The van der Waals surface area contributed by atoms with Crippen molar-refractivity contribution >= 4 is 51.6 Å². The number of carbonyl (C=O) groups excluding carboxylic acids is 1. The molecule has 0 radical (unpaired) electrons. The molecule has 0 atom stereocenters. The molecule has 0 bridgehead atoms. The summed E-state index contributed by atoms with van der Waals surface area (Å²) in [6, 6.07) is 12.6. The molecule has 0 spiro atoms. The minimum absolute atomic E-state index is 0.0933. The van der Waals surface area contributed by atoms with Crippen molar-refractivity contribution in [3.8, 4) is 0 Å². The second-order valence-corrected chi connectivity index (χ2v) is 7.36. The maximum atomic E-state index is 11.6. The van der Waals surface area contributed by atoms with E-state index in [1.54, 1.807) is 11.3 Å². The van der Waals surface area contributed by atoms with Crippen LogP contribution in [0.25, 0.3) is 6.08 Å². The zero-order valence-electron chi connectivity index (χ0n) is 11.2. The summed E-state index contributed by atoms with van der Waals surface area (Å²) in [6.07, 6.45) is 3.96. The van der Waals surface area contributed by atoms with E-state index in [-0.39, 0.29) is 5.91 Å². The highest BCUT2D eigenvalue weighted by molar-refractivity contribution is 8.26. The van der Waals surface area contributed by atoms with Crippen LogP contribution in [0.15, 0.2) is 46.7 Å². The molecule has 1 fully saturated rings. The number of thioether (sulfide) groups is 1. The lowest BCUT2D eigenvalue weighted by Gasteiger charge is -1.98. The largest absolute Gasteiger partial charge is 0.307 e. The molecule has 21 heavy (non-hydrogen) atoms. The summed E-state index contributed by atoms with van der Waals surface area (Å²) in [6.45, 7) is 0. The van der Waals surface area contributed by atoms with E-state index in [2.05, 4.69) is 41.0 Å². The van der Waals surface area contributed by atoms with Gasteiger partial charge in [0.25, 0.3) is 5.91 Å². The predicted molar refractivity (Wildman–Crippen MR) is 94.5 cm³/mol. The highest BCUT2D eigenvalue weighted by Gasteiger charge is 2.22. The summed E-state index contributed by atoms with van der Waals surface area (Å²) in [7, 11) is 0. The molecule has 0 unspecified atom stereocenters. The van der Waals surface area contributed by atoms with Crippen molar-refractivity contribution in [1.29, 1.82) is 0 Å². The summed E-state index contributed by atoms with van der Waals surface area (Å²) < 4.78 is 0.534. The molecule has 3 rings (SSSR count). The minimum atomic E-state index is -0.0933. The van der Waals surface area contributed by atoms with Gasteiger partial charge in [0.2, 0.25) is 0 Å². The molecule has 0 saturated carbocycles. The zero-order valence-corrected chi connectivity index (χ0v) is 13.6. The molecule has 1 aliphatic heterocycles. The first kappa shape index (κ1) is 14.5. The van der Waals surface area contributed by atoms with Crippen LogP contribution in [0.4, 0.5) is 0 Å². The monoisotopic (exact) mass is 331 g/mol. The highest BCUT2D eigenvalue weighted by Crippen LogP contribution is 2.28. The molecular weight excluding hydrogens is 318 g/mol. The van der Waals surface area contributed by atoms with Crippen LogP contribution in [0, 0.1) is 0 Å². The minimum Gasteiger partial charge on any atom is -0.307 e. The molecule has 106 valence electrons. The third kappa shape index (κ3) is 3.81. The fourth-order valence-corrected chi connectivity index (χ4v) is 4.07. The molecule has 1 aromatic carbocycles. The second-order valence-electron chi connectivity index (χ2n) is 4.70. The molecule has 1 aliphatic rings. The summed E-state index contributed by atoms with van der Waals surface area (Å²) in [5.41, 5.74) is 2.65. The van der Waals surface area contributed by atoms with Crippen molar-refractivity contribution in [2.75, 3.05) is 0 Å². The normalized spacial score (nSPS) is 16.5. The van der Waals surface area contributed by atoms with Crippen molar-refractivity contribution in [1.82, 2.24) is 5.32 Å². The van der Waals surface area contributed by atoms with Crippen molar-refractivity contribution in [3.63, 3.8) is 0 Å². The average Bonchev–Trinajstić information content (AvgIpc) is 3.05. The Morgan fingerprint density at radius 1 is 1.14 bits per heavy atom. The summed E-state index contributed by atoms with van der Waals surface area (Å²) in [4.78, 5) is 13.4. The van der Waals surface area contributed by atoms with Crippen LogP contribution in [-0.4, -0.2) is 10.2 Å². The topological polar surface area (TPSA) is 29.1 Å². The van der Waals surface area contributed by atoms with Gasteiger partial charge in [-0.2, -0.15) is 0 Å². The van der Waals surface area contributed by atoms with E-state index in [9.17, 15) is 4.79 Å². The fourth-order valence-electron chi connectivity index (χ4n) is 2.08. The first-order valence-electron chi connectivity index (χ1n) is 6.57. The van der Waals surface area contributed by atoms with Crippen LogP contribution >= 0.6 is 35.3 Å². The molecule has 1 saturated heterocycles. The molecule has 5 heteroatoms. The van der Waals surface area contributed by atoms with Crippen LogP contribution in [-0.2, 0) is 17.6 Å². The zero-order chi connectivity index (χ0) is 14.7. The maximum absolute atomic E-state index is 11.6. The second kappa shape index (κ2) is 6.56.